The zero-order valence-electron chi connectivity index (χ0n) is 54.3. The first-order chi connectivity index (χ1) is 39.5. The lowest BCUT2D eigenvalue weighted by atomic mass is 10.0. The Balaban J connectivity index is 3.36. The lowest BCUT2D eigenvalue weighted by Crippen LogP contribution is -2.45. The third kappa shape index (κ3) is 65.5. The second-order valence-corrected chi connectivity index (χ2v) is 25.3. The zero-order chi connectivity index (χ0) is 57.8. The molecule has 0 saturated carbocycles. The van der Waals surface area contributed by atoms with Gasteiger partial charge >= 0.3 is 5.97 Å². The highest BCUT2D eigenvalue weighted by Crippen LogP contribution is 2.19. The molecule has 474 valence electrons. The van der Waals surface area contributed by atoms with E-state index < -0.39 is 12.1 Å². The summed E-state index contributed by atoms with van der Waals surface area (Å²) in [6.07, 6.45) is 88.4. The van der Waals surface area contributed by atoms with Gasteiger partial charge in [0, 0.05) is 12.8 Å². The van der Waals surface area contributed by atoms with Gasteiger partial charge in [0.2, 0.25) is 5.91 Å². The van der Waals surface area contributed by atoms with Gasteiger partial charge in [0.15, 0.2) is 0 Å². The van der Waals surface area contributed by atoms with Crippen LogP contribution in [-0.4, -0.2) is 47.4 Å². The molecule has 6 nitrogen and oxygen atoms in total. The van der Waals surface area contributed by atoms with E-state index in [1.165, 1.54) is 347 Å². The van der Waals surface area contributed by atoms with Crippen LogP contribution in [0.5, 0.6) is 0 Å². The van der Waals surface area contributed by atoms with E-state index in [0.29, 0.717) is 19.4 Å². The van der Waals surface area contributed by atoms with Gasteiger partial charge in [-0.3, -0.25) is 9.59 Å². The Kier molecular flexibility index (Phi) is 68.4. The molecule has 0 saturated heterocycles. The maximum absolute atomic E-state index is 12.5. The summed E-state index contributed by atoms with van der Waals surface area (Å²) in [5, 5.41) is 23.2. The Morgan fingerprint density at radius 1 is 0.338 bits per heavy atom. The summed E-state index contributed by atoms with van der Waals surface area (Å²) < 4.78 is 5.52. The molecular weight excluding hydrogens is 983 g/mol. The number of unbranched alkanes of at least 4 members (excludes halogenated alkanes) is 56. The molecule has 0 aliphatic heterocycles. The molecule has 0 aliphatic carbocycles. The van der Waals surface area contributed by atoms with Crippen molar-refractivity contribution in [3.63, 3.8) is 0 Å². The number of carbonyl (C=O) groups is 2. The van der Waals surface area contributed by atoms with Crippen molar-refractivity contribution in [1.29, 1.82) is 0 Å². The first kappa shape index (κ1) is 78.3. The van der Waals surface area contributed by atoms with Crippen LogP contribution in [0.1, 0.15) is 412 Å². The highest BCUT2D eigenvalue weighted by atomic mass is 16.5. The number of carbonyl (C=O) groups excluding carboxylic acids is 2. The van der Waals surface area contributed by atoms with Crippen LogP contribution in [0.4, 0.5) is 0 Å². The molecule has 2 unspecified atom stereocenters. The third-order valence-corrected chi connectivity index (χ3v) is 17.2. The van der Waals surface area contributed by atoms with E-state index in [-0.39, 0.29) is 18.5 Å². The Bertz CT molecular complexity index is 1250. The van der Waals surface area contributed by atoms with Gasteiger partial charge in [0.25, 0.3) is 0 Å². The van der Waals surface area contributed by atoms with Crippen LogP contribution in [0.25, 0.3) is 0 Å². The van der Waals surface area contributed by atoms with E-state index in [4.69, 9.17) is 4.74 Å². The minimum absolute atomic E-state index is 0.0218. The molecule has 0 rings (SSSR count). The van der Waals surface area contributed by atoms with E-state index in [9.17, 15) is 19.8 Å². The fourth-order valence-electron chi connectivity index (χ4n) is 11.6. The fraction of sp³-hybridized carbons (Fsp3) is 0.919. The molecule has 3 N–H and O–H groups in total. The Hall–Kier alpha value is -1.66. The summed E-state index contributed by atoms with van der Waals surface area (Å²) in [6.45, 7) is 4.95. The topological polar surface area (TPSA) is 95.9 Å². The smallest absolute Gasteiger partial charge is 0.305 e. The Morgan fingerprint density at radius 3 is 0.887 bits per heavy atom. The summed E-state index contributed by atoms with van der Waals surface area (Å²) in [5.41, 5.74) is 0. The van der Waals surface area contributed by atoms with Crippen molar-refractivity contribution in [3.05, 3.63) is 24.3 Å². The largest absolute Gasteiger partial charge is 0.466 e. The molecular formula is C74H143NO5. The first-order valence-corrected chi connectivity index (χ1v) is 36.6. The normalized spacial score (nSPS) is 12.6. The van der Waals surface area contributed by atoms with E-state index in [1.54, 1.807) is 6.08 Å². The number of amides is 1. The van der Waals surface area contributed by atoms with E-state index in [0.717, 1.165) is 38.5 Å². The first-order valence-electron chi connectivity index (χ1n) is 36.6. The van der Waals surface area contributed by atoms with Crippen molar-refractivity contribution < 1.29 is 24.5 Å². The minimum Gasteiger partial charge on any atom is -0.466 e. The lowest BCUT2D eigenvalue weighted by molar-refractivity contribution is -0.143. The van der Waals surface area contributed by atoms with Gasteiger partial charge in [-0.1, -0.05) is 366 Å². The molecule has 0 bridgehead atoms. The number of hydrogen-bond acceptors (Lipinski definition) is 5. The summed E-state index contributed by atoms with van der Waals surface area (Å²) in [7, 11) is 0. The number of rotatable bonds is 69. The molecule has 0 aliphatic rings. The molecule has 0 radical (unpaired) electrons. The van der Waals surface area contributed by atoms with Gasteiger partial charge in [-0.25, -0.2) is 0 Å². The summed E-state index contributed by atoms with van der Waals surface area (Å²) in [5.74, 6) is -0.0428. The van der Waals surface area contributed by atoms with Crippen molar-refractivity contribution in [3.8, 4) is 0 Å². The molecule has 0 aromatic carbocycles. The Morgan fingerprint density at radius 2 is 0.588 bits per heavy atom. The van der Waals surface area contributed by atoms with E-state index in [2.05, 4.69) is 31.3 Å². The van der Waals surface area contributed by atoms with Gasteiger partial charge in [0.05, 0.1) is 25.4 Å². The number of hydrogen-bond donors (Lipinski definition) is 3. The number of esters is 1. The predicted molar refractivity (Wildman–Crippen MR) is 352 cm³/mol. The van der Waals surface area contributed by atoms with Crippen LogP contribution in [-0.2, 0) is 14.3 Å². The summed E-state index contributed by atoms with van der Waals surface area (Å²) in [6, 6.07) is -0.627. The molecule has 0 spiro atoms. The molecule has 2 atom stereocenters. The van der Waals surface area contributed by atoms with Gasteiger partial charge < -0.3 is 20.3 Å². The number of aliphatic hydroxyl groups is 2. The van der Waals surface area contributed by atoms with Crippen LogP contribution in [0, 0.1) is 0 Å². The van der Waals surface area contributed by atoms with Gasteiger partial charge in [-0.15, -0.1) is 0 Å². The maximum Gasteiger partial charge on any atom is 0.305 e. The van der Waals surface area contributed by atoms with Crippen LogP contribution < -0.4 is 5.32 Å². The van der Waals surface area contributed by atoms with Crippen molar-refractivity contribution in [2.45, 2.75) is 424 Å². The van der Waals surface area contributed by atoms with E-state index >= 15 is 0 Å². The van der Waals surface area contributed by atoms with Gasteiger partial charge in [-0.05, 0) is 57.8 Å². The second kappa shape index (κ2) is 69.8. The number of aliphatic hydroxyl groups excluding tert-OH is 2. The number of allylic oxidation sites excluding steroid dienone is 3. The molecule has 1 amide bonds. The molecule has 80 heavy (non-hydrogen) atoms. The number of ether oxygens (including phenoxy) is 1. The van der Waals surface area contributed by atoms with Crippen LogP contribution in [0.2, 0.25) is 0 Å². The summed E-state index contributed by atoms with van der Waals surface area (Å²) >= 11 is 0. The SMILES string of the molecule is CCCCCCCCCCCCCCC/C=C/C(O)C(CO)NC(=O)CCCCCCCCCCCCCCC/C=C\CCCCCCCCCCCCCCOC(=O)CCCCCCCCCCCCCCCCCCCCC. The predicted octanol–water partition coefficient (Wildman–Crippen LogP) is 23.7. The van der Waals surface area contributed by atoms with Crippen molar-refractivity contribution >= 4 is 11.9 Å². The lowest BCUT2D eigenvalue weighted by Gasteiger charge is -2.20. The summed E-state index contributed by atoms with van der Waals surface area (Å²) in [4.78, 5) is 24.6. The standard InChI is InChI=1S/C74H143NO5/c1-3-5-7-9-11-13-15-17-19-20-32-36-40-44-48-52-56-60-64-68-74(79)80-69-65-61-57-53-49-45-41-37-34-31-29-27-25-23-21-22-24-26-28-30-33-35-39-43-47-51-55-59-63-67-73(78)75-71(70-76)72(77)66-62-58-54-50-46-42-38-18-16-14-12-10-8-6-4-2/h21,23,62,66,71-72,76-77H,3-20,22,24-61,63-65,67-70H2,1-2H3,(H,75,78)/b23-21-,66-62+. The van der Waals surface area contributed by atoms with Crippen molar-refractivity contribution in [2.24, 2.45) is 0 Å². The quantitative estimate of drug-likeness (QED) is 0.0320. The molecule has 0 heterocycles. The van der Waals surface area contributed by atoms with Crippen molar-refractivity contribution in [2.75, 3.05) is 13.2 Å². The highest BCUT2D eigenvalue weighted by Gasteiger charge is 2.18. The Labute approximate surface area is 501 Å². The second-order valence-electron chi connectivity index (χ2n) is 25.3. The van der Waals surface area contributed by atoms with E-state index in [1.807, 2.05) is 6.08 Å². The molecule has 6 heteroatoms. The highest BCUT2D eigenvalue weighted by molar-refractivity contribution is 5.76. The molecule has 0 aromatic rings. The minimum atomic E-state index is -0.843. The number of nitrogens with one attached hydrogen (secondary N) is 1. The third-order valence-electron chi connectivity index (χ3n) is 17.2. The average Bonchev–Trinajstić information content (AvgIpc) is 3.46. The van der Waals surface area contributed by atoms with Gasteiger partial charge in [0.1, 0.15) is 0 Å². The molecule has 0 fully saturated rings. The maximum atomic E-state index is 12.5. The monoisotopic (exact) mass is 1130 g/mol. The van der Waals surface area contributed by atoms with Crippen LogP contribution >= 0.6 is 0 Å². The van der Waals surface area contributed by atoms with Crippen LogP contribution in [0.3, 0.4) is 0 Å². The zero-order valence-corrected chi connectivity index (χ0v) is 54.3. The van der Waals surface area contributed by atoms with Gasteiger partial charge in [-0.2, -0.15) is 0 Å². The van der Waals surface area contributed by atoms with Crippen LogP contribution in [0.15, 0.2) is 24.3 Å². The fourth-order valence-corrected chi connectivity index (χ4v) is 11.6. The van der Waals surface area contributed by atoms with Crippen molar-refractivity contribution in [1.82, 2.24) is 5.32 Å². The average molecular weight is 1130 g/mol. The molecule has 0 aromatic heterocycles.